The molecule has 2 N–H and O–H groups in total. The molecule has 0 aromatic rings. The summed E-state index contributed by atoms with van der Waals surface area (Å²) in [5, 5.41) is 11.5. The van der Waals surface area contributed by atoms with Crippen molar-refractivity contribution in [2.45, 2.75) is 83.5 Å². The molecule has 21 heavy (non-hydrogen) atoms. The van der Waals surface area contributed by atoms with Crippen molar-refractivity contribution >= 4 is 0 Å². The third kappa shape index (κ3) is 4.58. The van der Waals surface area contributed by atoms with Crippen LogP contribution in [0.4, 0.5) is 0 Å². The number of hydrogen-bond donors (Lipinski definition) is 1. The summed E-state index contributed by atoms with van der Waals surface area (Å²) >= 11 is 0. The molecule has 0 saturated carbocycles. The molecule has 0 aromatic heterocycles. The molecule has 118 valence electrons. The van der Waals surface area contributed by atoms with Crippen molar-refractivity contribution in [3.05, 3.63) is 32.7 Å². The molecule has 0 fully saturated rings. The Morgan fingerprint density at radius 2 is 1.19 bits per heavy atom. The lowest BCUT2D eigenvalue weighted by Gasteiger charge is -2.18. The first-order chi connectivity index (χ1) is 10.2. The smallest absolute Gasteiger partial charge is 0.249 e. The maximum atomic E-state index is 11.5. The molecule has 0 unspecified atom stereocenters. The minimum Gasteiger partial charge on any atom is -0.402 e. The van der Waals surface area contributed by atoms with Crippen LogP contribution in [-0.4, -0.2) is 4.92 Å². The van der Waals surface area contributed by atoms with Crippen LogP contribution in [0.1, 0.15) is 83.5 Å². The molecule has 2 aliphatic carbocycles. The maximum absolute atomic E-state index is 11.5. The summed E-state index contributed by atoms with van der Waals surface area (Å²) in [5.74, 6) is 0. The SMILES string of the molecule is N/C1=C(\C2=C(\[N+](=O)[O-])CCCCCCC2)CCCCCC1. The predicted octanol–water partition coefficient (Wildman–Crippen LogP) is 4.83. The summed E-state index contributed by atoms with van der Waals surface area (Å²) < 4.78 is 0. The van der Waals surface area contributed by atoms with E-state index in [1.807, 2.05) is 0 Å². The van der Waals surface area contributed by atoms with Gasteiger partial charge in [0, 0.05) is 17.7 Å². The molecular weight excluding hydrogens is 264 g/mol. The first kappa shape index (κ1) is 16.1. The first-order valence-electron chi connectivity index (χ1n) is 8.54. The maximum Gasteiger partial charge on any atom is 0.249 e. The molecule has 0 amide bonds. The molecule has 0 atom stereocenters. The minimum absolute atomic E-state index is 0.139. The van der Waals surface area contributed by atoms with E-state index in [1.54, 1.807) is 0 Å². The van der Waals surface area contributed by atoms with Crippen molar-refractivity contribution in [1.29, 1.82) is 0 Å². The fourth-order valence-corrected chi connectivity index (χ4v) is 3.57. The van der Waals surface area contributed by atoms with Crippen LogP contribution in [0.5, 0.6) is 0 Å². The van der Waals surface area contributed by atoms with E-state index in [4.69, 9.17) is 5.73 Å². The van der Waals surface area contributed by atoms with Crippen LogP contribution in [0, 0.1) is 10.1 Å². The fraction of sp³-hybridized carbons (Fsp3) is 0.765. The van der Waals surface area contributed by atoms with Crippen molar-refractivity contribution in [1.82, 2.24) is 0 Å². The Labute approximate surface area is 127 Å². The molecule has 0 radical (unpaired) electrons. The van der Waals surface area contributed by atoms with Gasteiger partial charge in [-0.2, -0.15) is 0 Å². The second-order valence-corrected chi connectivity index (χ2v) is 6.37. The Morgan fingerprint density at radius 3 is 1.81 bits per heavy atom. The van der Waals surface area contributed by atoms with E-state index in [0.717, 1.165) is 68.2 Å². The topological polar surface area (TPSA) is 69.2 Å². The van der Waals surface area contributed by atoms with Gasteiger partial charge in [0.25, 0.3) is 0 Å². The molecule has 0 saturated heterocycles. The van der Waals surface area contributed by atoms with Gasteiger partial charge in [-0.3, -0.25) is 10.1 Å². The van der Waals surface area contributed by atoms with Gasteiger partial charge in [0.05, 0.1) is 4.92 Å². The van der Waals surface area contributed by atoms with Gasteiger partial charge in [-0.05, 0) is 50.5 Å². The molecule has 2 rings (SSSR count). The molecule has 0 bridgehead atoms. The van der Waals surface area contributed by atoms with E-state index < -0.39 is 0 Å². The minimum atomic E-state index is -0.139. The van der Waals surface area contributed by atoms with E-state index >= 15 is 0 Å². The highest BCUT2D eigenvalue weighted by molar-refractivity contribution is 5.36. The first-order valence-corrected chi connectivity index (χ1v) is 8.54. The summed E-state index contributed by atoms with van der Waals surface area (Å²) in [6.07, 6.45) is 13.5. The summed E-state index contributed by atoms with van der Waals surface area (Å²) in [4.78, 5) is 11.4. The van der Waals surface area contributed by atoms with Gasteiger partial charge in [0.15, 0.2) is 0 Å². The van der Waals surface area contributed by atoms with Gasteiger partial charge < -0.3 is 5.73 Å². The van der Waals surface area contributed by atoms with E-state index in [-0.39, 0.29) is 4.92 Å². The van der Waals surface area contributed by atoms with Gasteiger partial charge in [-0.1, -0.05) is 32.1 Å². The Morgan fingerprint density at radius 1 is 0.714 bits per heavy atom. The molecule has 0 aliphatic heterocycles. The second-order valence-electron chi connectivity index (χ2n) is 6.37. The third-order valence-corrected chi connectivity index (χ3v) is 4.78. The number of nitro groups is 1. The van der Waals surface area contributed by atoms with Crippen LogP contribution in [0.15, 0.2) is 22.5 Å². The number of allylic oxidation sites excluding steroid dienone is 4. The van der Waals surface area contributed by atoms with Crippen molar-refractivity contribution in [2.24, 2.45) is 5.73 Å². The molecule has 0 heterocycles. The van der Waals surface area contributed by atoms with Crippen LogP contribution < -0.4 is 5.73 Å². The molecule has 0 aromatic carbocycles. The Bertz CT molecular complexity index is 438. The number of rotatable bonds is 2. The van der Waals surface area contributed by atoms with E-state index in [0.29, 0.717) is 12.1 Å². The lowest BCUT2D eigenvalue weighted by molar-refractivity contribution is -0.429. The van der Waals surface area contributed by atoms with Crippen LogP contribution in [0.25, 0.3) is 0 Å². The second kappa shape index (κ2) is 8.20. The third-order valence-electron chi connectivity index (χ3n) is 4.78. The average molecular weight is 292 g/mol. The predicted molar refractivity (Wildman–Crippen MR) is 85.3 cm³/mol. The van der Waals surface area contributed by atoms with Crippen molar-refractivity contribution in [3.63, 3.8) is 0 Å². The molecular formula is C17H28N2O2. The molecule has 4 heteroatoms. The van der Waals surface area contributed by atoms with Gasteiger partial charge in [0.2, 0.25) is 5.70 Å². The highest BCUT2D eigenvalue weighted by atomic mass is 16.6. The lowest BCUT2D eigenvalue weighted by atomic mass is 9.88. The quantitative estimate of drug-likeness (QED) is 0.585. The van der Waals surface area contributed by atoms with Crippen molar-refractivity contribution < 1.29 is 4.92 Å². The number of hydrogen-bond acceptors (Lipinski definition) is 3. The highest BCUT2D eigenvalue weighted by Gasteiger charge is 2.24. The molecule has 0 spiro atoms. The fourth-order valence-electron chi connectivity index (χ4n) is 3.57. The number of nitrogens with two attached hydrogens (primary N) is 1. The lowest BCUT2D eigenvalue weighted by Crippen LogP contribution is -2.12. The Balaban J connectivity index is 2.37. The van der Waals surface area contributed by atoms with Crippen molar-refractivity contribution in [2.75, 3.05) is 0 Å². The zero-order chi connectivity index (χ0) is 15.1. The van der Waals surface area contributed by atoms with E-state index in [1.165, 1.54) is 25.7 Å². The Hall–Kier alpha value is -1.32. The normalized spacial score (nSPS) is 29.7. The van der Waals surface area contributed by atoms with Crippen LogP contribution >= 0.6 is 0 Å². The van der Waals surface area contributed by atoms with Gasteiger partial charge in [-0.25, -0.2) is 0 Å². The van der Waals surface area contributed by atoms with Crippen molar-refractivity contribution in [3.8, 4) is 0 Å². The van der Waals surface area contributed by atoms with E-state index in [2.05, 4.69) is 0 Å². The zero-order valence-corrected chi connectivity index (χ0v) is 13.0. The summed E-state index contributed by atoms with van der Waals surface area (Å²) in [5.41, 5.74) is 9.78. The van der Waals surface area contributed by atoms with Crippen LogP contribution in [0.2, 0.25) is 0 Å². The molecule has 4 nitrogen and oxygen atoms in total. The Kier molecular flexibility index (Phi) is 6.27. The summed E-state index contributed by atoms with van der Waals surface area (Å²) in [6, 6.07) is 0. The average Bonchev–Trinajstić information content (AvgIpc) is 2.55. The molecule has 2 aliphatic rings. The number of nitrogens with zero attached hydrogens (tertiary/aromatic N) is 1. The van der Waals surface area contributed by atoms with Crippen LogP contribution in [-0.2, 0) is 0 Å². The van der Waals surface area contributed by atoms with Crippen LogP contribution in [0.3, 0.4) is 0 Å². The standard InChI is InChI=1S/C17H28N2O2/c18-16-12-8-5-4-6-10-14(16)15-11-7-2-1-3-9-13-17(15)19(20)21/h1-13,18H2/b16-14-,17-15+. The largest absolute Gasteiger partial charge is 0.402 e. The van der Waals surface area contributed by atoms with Gasteiger partial charge in [0.1, 0.15) is 0 Å². The van der Waals surface area contributed by atoms with E-state index in [9.17, 15) is 10.1 Å². The van der Waals surface area contributed by atoms with Gasteiger partial charge >= 0.3 is 0 Å². The highest BCUT2D eigenvalue weighted by Crippen LogP contribution is 2.33. The monoisotopic (exact) mass is 292 g/mol. The summed E-state index contributed by atoms with van der Waals surface area (Å²) in [7, 11) is 0. The zero-order valence-electron chi connectivity index (χ0n) is 13.0. The van der Waals surface area contributed by atoms with Gasteiger partial charge in [-0.15, -0.1) is 0 Å². The summed E-state index contributed by atoms with van der Waals surface area (Å²) in [6.45, 7) is 0.